The maximum Gasteiger partial charge on any atom is 0.149 e. The predicted octanol–water partition coefficient (Wildman–Crippen LogP) is 2.28. The lowest BCUT2D eigenvalue weighted by Crippen LogP contribution is -1.88. The molecule has 72 valence electrons. The van der Waals surface area contributed by atoms with Crippen LogP contribution < -0.4 is 5.73 Å². The predicted molar refractivity (Wildman–Crippen MR) is 57.9 cm³/mol. The van der Waals surface area contributed by atoms with E-state index in [9.17, 15) is 0 Å². The number of nitrogens with one attached hydrogen (secondary N) is 1. The highest BCUT2D eigenvalue weighted by molar-refractivity contribution is 5.70. The van der Waals surface area contributed by atoms with Gasteiger partial charge in [-0.1, -0.05) is 29.8 Å². The van der Waals surface area contributed by atoms with Gasteiger partial charge in [0.15, 0.2) is 0 Å². The third-order valence-corrected chi connectivity index (χ3v) is 2.19. The minimum atomic E-state index is 0.561. The summed E-state index contributed by atoms with van der Waals surface area (Å²) in [6.45, 7) is 3.96. The minimum Gasteiger partial charge on any atom is -0.382 e. The molecule has 0 aliphatic heterocycles. The maximum absolute atomic E-state index is 5.77. The largest absolute Gasteiger partial charge is 0.382 e. The molecule has 0 saturated carbocycles. The van der Waals surface area contributed by atoms with Gasteiger partial charge in [-0.05, 0) is 13.8 Å². The van der Waals surface area contributed by atoms with E-state index < -0.39 is 0 Å². The molecule has 0 spiro atoms. The number of rotatable bonds is 1. The molecule has 0 aliphatic carbocycles. The molecule has 14 heavy (non-hydrogen) atoms. The van der Waals surface area contributed by atoms with E-state index in [1.807, 2.05) is 19.1 Å². The van der Waals surface area contributed by atoms with E-state index in [2.05, 4.69) is 29.0 Å². The highest BCUT2D eigenvalue weighted by Crippen LogP contribution is 2.23. The topological polar surface area (TPSA) is 54.7 Å². The lowest BCUT2D eigenvalue weighted by molar-refractivity contribution is 1.15. The van der Waals surface area contributed by atoms with Crippen molar-refractivity contribution in [1.29, 1.82) is 0 Å². The van der Waals surface area contributed by atoms with Crippen molar-refractivity contribution in [2.24, 2.45) is 0 Å². The highest BCUT2D eigenvalue weighted by atomic mass is 15.0. The van der Waals surface area contributed by atoms with Crippen LogP contribution >= 0.6 is 0 Å². The van der Waals surface area contributed by atoms with Crippen LogP contribution in [-0.4, -0.2) is 9.97 Å². The molecule has 3 heteroatoms. The fourth-order valence-electron chi connectivity index (χ4n) is 1.45. The molecule has 0 atom stereocenters. The van der Waals surface area contributed by atoms with Gasteiger partial charge in [0.05, 0.1) is 5.69 Å². The van der Waals surface area contributed by atoms with Gasteiger partial charge in [-0.2, -0.15) is 0 Å². The molecule has 3 N–H and O–H groups in total. The molecular weight excluding hydrogens is 174 g/mol. The fraction of sp³-hybridized carbons (Fsp3) is 0.182. The third kappa shape index (κ3) is 1.48. The summed E-state index contributed by atoms with van der Waals surface area (Å²) in [5.41, 5.74) is 8.99. The van der Waals surface area contributed by atoms with Crippen molar-refractivity contribution < 1.29 is 0 Å². The molecule has 2 rings (SSSR count). The zero-order valence-electron chi connectivity index (χ0n) is 8.33. The molecule has 0 bridgehead atoms. The number of imidazole rings is 1. The van der Waals surface area contributed by atoms with Crippen LogP contribution in [0.5, 0.6) is 0 Å². The van der Waals surface area contributed by atoms with Gasteiger partial charge < -0.3 is 10.7 Å². The molecule has 0 aliphatic rings. The number of nitrogens with zero attached hydrogens (tertiary/aromatic N) is 1. The zero-order valence-corrected chi connectivity index (χ0v) is 8.33. The van der Waals surface area contributed by atoms with Gasteiger partial charge in [0, 0.05) is 5.56 Å². The number of anilines is 1. The van der Waals surface area contributed by atoms with Crippen LogP contribution in [0.3, 0.4) is 0 Å². The fourth-order valence-corrected chi connectivity index (χ4v) is 1.45. The molecule has 0 amide bonds. The lowest BCUT2D eigenvalue weighted by Gasteiger charge is -1.99. The smallest absolute Gasteiger partial charge is 0.149 e. The molecule has 0 saturated heterocycles. The summed E-state index contributed by atoms with van der Waals surface area (Å²) in [6, 6.07) is 8.20. The number of nitrogen functional groups attached to an aromatic ring is 1. The second-order valence-corrected chi connectivity index (χ2v) is 3.45. The molecule has 0 radical (unpaired) electrons. The molecule has 1 aromatic heterocycles. The number of nitrogens with two attached hydrogens (primary N) is 1. The lowest BCUT2D eigenvalue weighted by atomic mass is 10.1. The van der Waals surface area contributed by atoms with Crippen molar-refractivity contribution in [2.45, 2.75) is 13.8 Å². The second kappa shape index (κ2) is 3.18. The normalized spacial score (nSPS) is 10.4. The van der Waals surface area contributed by atoms with Crippen LogP contribution in [0.4, 0.5) is 5.82 Å². The Morgan fingerprint density at radius 1 is 1.14 bits per heavy atom. The maximum atomic E-state index is 5.77. The molecule has 3 nitrogen and oxygen atoms in total. The van der Waals surface area contributed by atoms with Crippen molar-refractivity contribution in [2.75, 3.05) is 5.73 Å². The molecular formula is C11H13N3. The van der Waals surface area contributed by atoms with Crippen LogP contribution in [0.1, 0.15) is 11.4 Å². The van der Waals surface area contributed by atoms with Crippen molar-refractivity contribution in [3.8, 4) is 11.3 Å². The van der Waals surface area contributed by atoms with Crippen LogP contribution in [0.25, 0.3) is 11.3 Å². The third-order valence-electron chi connectivity index (χ3n) is 2.19. The van der Waals surface area contributed by atoms with Crippen LogP contribution in [0.2, 0.25) is 0 Å². The first-order chi connectivity index (χ1) is 6.66. The van der Waals surface area contributed by atoms with Gasteiger partial charge in [-0.25, -0.2) is 4.98 Å². The SMILES string of the molecule is Cc1ccc(-c2[nH]c(C)nc2N)cc1. The second-order valence-electron chi connectivity index (χ2n) is 3.45. The Hall–Kier alpha value is -1.77. The van der Waals surface area contributed by atoms with E-state index >= 15 is 0 Å². The molecule has 0 fully saturated rings. The summed E-state index contributed by atoms with van der Waals surface area (Å²) in [4.78, 5) is 7.28. The summed E-state index contributed by atoms with van der Waals surface area (Å²) in [6.07, 6.45) is 0. The first-order valence-corrected chi connectivity index (χ1v) is 4.56. The van der Waals surface area contributed by atoms with E-state index in [4.69, 9.17) is 5.73 Å². The summed E-state index contributed by atoms with van der Waals surface area (Å²) in [5.74, 6) is 1.41. The highest BCUT2D eigenvalue weighted by Gasteiger charge is 2.05. The average molecular weight is 187 g/mol. The summed E-state index contributed by atoms with van der Waals surface area (Å²) >= 11 is 0. The number of aromatic amines is 1. The van der Waals surface area contributed by atoms with Gasteiger partial charge in [0.2, 0.25) is 0 Å². The van der Waals surface area contributed by atoms with Crippen LogP contribution in [-0.2, 0) is 0 Å². The summed E-state index contributed by atoms with van der Waals surface area (Å²) < 4.78 is 0. The zero-order chi connectivity index (χ0) is 10.1. The van der Waals surface area contributed by atoms with E-state index in [0.717, 1.165) is 17.1 Å². The number of aryl methyl sites for hydroxylation is 2. The molecule has 2 aromatic rings. The van der Waals surface area contributed by atoms with Gasteiger partial charge >= 0.3 is 0 Å². The number of benzene rings is 1. The Morgan fingerprint density at radius 2 is 1.79 bits per heavy atom. The number of aromatic nitrogens is 2. The first-order valence-electron chi connectivity index (χ1n) is 4.56. The Balaban J connectivity index is 2.49. The van der Waals surface area contributed by atoms with Gasteiger partial charge in [0.1, 0.15) is 11.6 Å². The van der Waals surface area contributed by atoms with Crippen molar-refractivity contribution in [1.82, 2.24) is 9.97 Å². The van der Waals surface area contributed by atoms with Crippen LogP contribution in [0.15, 0.2) is 24.3 Å². The van der Waals surface area contributed by atoms with E-state index in [1.54, 1.807) is 0 Å². The number of H-pyrrole nitrogens is 1. The Bertz CT molecular complexity index is 440. The number of hydrogen-bond donors (Lipinski definition) is 2. The van der Waals surface area contributed by atoms with Gasteiger partial charge in [-0.15, -0.1) is 0 Å². The standard InChI is InChI=1S/C11H13N3/c1-7-3-5-9(6-4-7)10-11(12)14-8(2)13-10/h3-6H,12H2,1-2H3,(H,13,14). The first kappa shape index (κ1) is 8.81. The monoisotopic (exact) mass is 187 g/mol. The Kier molecular flexibility index (Phi) is 2.00. The van der Waals surface area contributed by atoms with E-state index in [-0.39, 0.29) is 0 Å². The van der Waals surface area contributed by atoms with Gasteiger partial charge in [-0.3, -0.25) is 0 Å². The number of hydrogen-bond acceptors (Lipinski definition) is 2. The quantitative estimate of drug-likeness (QED) is 0.719. The average Bonchev–Trinajstić information content (AvgIpc) is 2.47. The van der Waals surface area contributed by atoms with Gasteiger partial charge in [0.25, 0.3) is 0 Å². The Labute approximate surface area is 83.0 Å². The van der Waals surface area contributed by atoms with Crippen molar-refractivity contribution >= 4 is 5.82 Å². The molecule has 0 unspecified atom stereocenters. The summed E-state index contributed by atoms with van der Waals surface area (Å²) in [7, 11) is 0. The molecule has 1 aromatic carbocycles. The molecule has 1 heterocycles. The van der Waals surface area contributed by atoms with E-state index in [1.165, 1.54) is 5.56 Å². The van der Waals surface area contributed by atoms with E-state index in [0.29, 0.717) is 5.82 Å². The minimum absolute atomic E-state index is 0.561. The van der Waals surface area contributed by atoms with Crippen molar-refractivity contribution in [3.63, 3.8) is 0 Å². The van der Waals surface area contributed by atoms with Crippen molar-refractivity contribution in [3.05, 3.63) is 35.7 Å². The summed E-state index contributed by atoms with van der Waals surface area (Å²) in [5, 5.41) is 0. The van der Waals surface area contributed by atoms with Crippen LogP contribution in [0, 0.1) is 13.8 Å². The Morgan fingerprint density at radius 3 is 2.29 bits per heavy atom.